The van der Waals surface area contributed by atoms with Gasteiger partial charge in [0, 0.05) is 11.6 Å². The molecule has 0 radical (unpaired) electrons. The standard InChI is InChI=1S/C11H12ClNO3/c12-9-2-1-3-10(13(15)16)8(9)4-5-11(14)6-7-11/h1-3,14H,4-7H2. The van der Waals surface area contributed by atoms with Gasteiger partial charge < -0.3 is 5.11 Å². The second kappa shape index (κ2) is 4.03. The van der Waals surface area contributed by atoms with E-state index in [-0.39, 0.29) is 5.69 Å². The Labute approximate surface area is 98.0 Å². The molecule has 86 valence electrons. The van der Waals surface area contributed by atoms with Crippen LogP contribution in [0.4, 0.5) is 5.69 Å². The molecule has 2 rings (SSSR count). The first-order valence-corrected chi connectivity index (χ1v) is 5.54. The van der Waals surface area contributed by atoms with Crippen LogP contribution in [-0.4, -0.2) is 15.6 Å². The van der Waals surface area contributed by atoms with Crippen LogP contribution in [0.2, 0.25) is 5.02 Å². The Balaban J connectivity index is 2.20. The minimum Gasteiger partial charge on any atom is -0.390 e. The number of benzene rings is 1. The van der Waals surface area contributed by atoms with Gasteiger partial charge in [-0.25, -0.2) is 0 Å². The molecule has 1 saturated carbocycles. The molecule has 0 amide bonds. The van der Waals surface area contributed by atoms with E-state index in [0.717, 1.165) is 12.8 Å². The maximum absolute atomic E-state index is 10.8. The molecule has 0 aliphatic heterocycles. The average Bonchev–Trinajstić information content (AvgIpc) is 2.95. The maximum atomic E-state index is 10.8. The molecule has 1 aromatic carbocycles. The van der Waals surface area contributed by atoms with Crippen LogP contribution in [0.1, 0.15) is 24.8 Å². The maximum Gasteiger partial charge on any atom is 0.274 e. The van der Waals surface area contributed by atoms with Crippen molar-refractivity contribution in [1.29, 1.82) is 0 Å². The number of hydrogen-bond donors (Lipinski definition) is 1. The second-order valence-corrected chi connectivity index (χ2v) is 4.63. The lowest BCUT2D eigenvalue weighted by atomic mass is 10.0. The van der Waals surface area contributed by atoms with Gasteiger partial charge in [0.1, 0.15) is 0 Å². The van der Waals surface area contributed by atoms with E-state index in [9.17, 15) is 15.2 Å². The van der Waals surface area contributed by atoms with Crippen molar-refractivity contribution < 1.29 is 10.0 Å². The smallest absolute Gasteiger partial charge is 0.274 e. The van der Waals surface area contributed by atoms with E-state index in [0.29, 0.717) is 23.4 Å². The van der Waals surface area contributed by atoms with Crippen molar-refractivity contribution in [2.75, 3.05) is 0 Å². The summed E-state index contributed by atoms with van der Waals surface area (Å²) in [6.45, 7) is 0. The Morgan fingerprint density at radius 3 is 2.75 bits per heavy atom. The summed E-state index contributed by atoms with van der Waals surface area (Å²) in [6, 6.07) is 4.65. The number of nitro groups is 1. The Morgan fingerprint density at radius 2 is 2.19 bits per heavy atom. The van der Waals surface area contributed by atoms with Crippen LogP contribution in [0.5, 0.6) is 0 Å². The fourth-order valence-corrected chi connectivity index (χ4v) is 1.98. The van der Waals surface area contributed by atoms with E-state index in [2.05, 4.69) is 0 Å². The Bertz CT molecular complexity index is 429. The summed E-state index contributed by atoms with van der Waals surface area (Å²) in [7, 11) is 0. The molecule has 0 unspecified atom stereocenters. The Morgan fingerprint density at radius 1 is 1.50 bits per heavy atom. The van der Waals surface area contributed by atoms with Crippen LogP contribution in [0, 0.1) is 10.1 Å². The summed E-state index contributed by atoms with van der Waals surface area (Å²) in [5.41, 5.74) is -0.0428. The van der Waals surface area contributed by atoms with Crippen molar-refractivity contribution in [2.45, 2.75) is 31.3 Å². The van der Waals surface area contributed by atoms with Gasteiger partial charge in [0.25, 0.3) is 5.69 Å². The topological polar surface area (TPSA) is 63.4 Å². The van der Waals surface area contributed by atoms with Crippen LogP contribution in [0.15, 0.2) is 18.2 Å². The third-order valence-corrected chi connectivity index (χ3v) is 3.31. The van der Waals surface area contributed by atoms with Crippen molar-refractivity contribution in [2.24, 2.45) is 0 Å². The predicted molar refractivity (Wildman–Crippen MR) is 60.6 cm³/mol. The molecule has 0 heterocycles. The highest BCUT2D eigenvalue weighted by molar-refractivity contribution is 6.31. The molecule has 1 N–H and O–H groups in total. The molecule has 0 aromatic heterocycles. The second-order valence-electron chi connectivity index (χ2n) is 4.22. The van der Waals surface area contributed by atoms with Gasteiger partial charge in [0.05, 0.1) is 15.5 Å². The third-order valence-electron chi connectivity index (χ3n) is 2.96. The minimum atomic E-state index is -0.604. The largest absolute Gasteiger partial charge is 0.390 e. The number of hydrogen-bond acceptors (Lipinski definition) is 3. The van der Waals surface area contributed by atoms with Crippen LogP contribution < -0.4 is 0 Å². The van der Waals surface area contributed by atoms with Crippen molar-refractivity contribution in [3.05, 3.63) is 38.9 Å². The van der Waals surface area contributed by atoms with Gasteiger partial charge in [-0.05, 0) is 31.7 Å². The Kier molecular flexibility index (Phi) is 2.86. The lowest BCUT2D eigenvalue weighted by Gasteiger charge is -2.08. The molecular weight excluding hydrogens is 230 g/mol. The summed E-state index contributed by atoms with van der Waals surface area (Å²) in [5.74, 6) is 0. The molecule has 5 heteroatoms. The first-order chi connectivity index (χ1) is 7.52. The van der Waals surface area contributed by atoms with E-state index in [1.807, 2.05) is 0 Å². The highest BCUT2D eigenvalue weighted by Gasteiger charge is 2.40. The zero-order chi connectivity index (χ0) is 11.8. The van der Waals surface area contributed by atoms with Crippen LogP contribution in [0.3, 0.4) is 0 Å². The van der Waals surface area contributed by atoms with Crippen LogP contribution in [0.25, 0.3) is 0 Å². The van der Waals surface area contributed by atoms with E-state index >= 15 is 0 Å². The minimum absolute atomic E-state index is 0.0387. The number of rotatable bonds is 4. The number of halogens is 1. The van der Waals surface area contributed by atoms with E-state index in [1.165, 1.54) is 6.07 Å². The molecule has 16 heavy (non-hydrogen) atoms. The van der Waals surface area contributed by atoms with Crippen LogP contribution >= 0.6 is 11.6 Å². The van der Waals surface area contributed by atoms with Gasteiger partial charge in [-0.1, -0.05) is 17.7 Å². The van der Waals surface area contributed by atoms with Gasteiger partial charge in [-0.15, -0.1) is 0 Å². The monoisotopic (exact) mass is 241 g/mol. The molecule has 4 nitrogen and oxygen atoms in total. The fourth-order valence-electron chi connectivity index (χ4n) is 1.72. The SMILES string of the molecule is O=[N+]([O-])c1cccc(Cl)c1CCC1(O)CC1. The highest BCUT2D eigenvalue weighted by Crippen LogP contribution is 2.40. The van der Waals surface area contributed by atoms with Gasteiger partial charge in [0.2, 0.25) is 0 Å². The fraction of sp³-hybridized carbons (Fsp3) is 0.455. The summed E-state index contributed by atoms with van der Waals surface area (Å²) < 4.78 is 0. The summed E-state index contributed by atoms with van der Waals surface area (Å²) in [6.07, 6.45) is 2.56. The first kappa shape index (κ1) is 11.4. The van der Waals surface area contributed by atoms with Crippen molar-refractivity contribution >= 4 is 17.3 Å². The summed E-state index contributed by atoms with van der Waals surface area (Å²) in [4.78, 5) is 10.4. The molecule has 1 aliphatic carbocycles. The molecule has 0 saturated heterocycles. The zero-order valence-corrected chi connectivity index (χ0v) is 9.41. The molecule has 0 bridgehead atoms. The quantitative estimate of drug-likeness (QED) is 0.651. The molecular formula is C11H12ClNO3. The molecule has 1 aliphatic rings. The van der Waals surface area contributed by atoms with Crippen molar-refractivity contribution in [1.82, 2.24) is 0 Å². The predicted octanol–water partition coefficient (Wildman–Crippen LogP) is 2.71. The van der Waals surface area contributed by atoms with Crippen molar-refractivity contribution in [3.8, 4) is 0 Å². The van der Waals surface area contributed by atoms with E-state index < -0.39 is 10.5 Å². The summed E-state index contributed by atoms with van der Waals surface area (Å²) >= 11 is 5.94. The van der Waals surface area contributed by atoms with Gasteiger partial charge in [0.15, 0.2) is 0 Å². The molecule has 1 fully saturated rings. The zero-order valence-electron chi connectivity index (χ0n) is 8.65. The van der Waals surface area contributed by atoms with Gasteiger partial charge in [-0.2, -0.15) is 0 Å². The lowest BCUT2D eigenvalue weighted by molar-refractivity contribution is -0.385. The number of nitrogens with zero attached hydrogens (tertiary/aromatic N) is 1. The molecule has 0 spiro atoms. The first-order valence-electron chi connectivity index (χ1n) is 5.16. The van der Waals surface area contributed by atoms with E-state index in [1.54, 1.807) is 12.1 Å². The highest BCUT2D eigenvalue weighted by atomic mass is 35.5. The lowest BCUT2D eigenvalue weighted by Crippen LogP contribution is -2.09. The average molecular weight is 242 g/mol. The summed E-state index contributed by atoms with van der Waals surface area (Å²) in [5, 5.41) is 20.9. The molecule has 0 atom stereocenters. The van der Waals surface area contributed by atoms with Gasteiger partial charge >= 0.3 is 0 Å². The normalized spacial score (nSPS) is 17.1. The molecule has 1 aromatic rings. The van der Waals surface area contributed by atoms with Gasteiger partial charge in [-0.3, -0.25) is 10.1 Å². The van der Waals surface area contributed by atoms with Crippen molar-refractivity contribution in [3.63, 3.8) is 0 Å². The van der Waals surface area contributed by atoms with E-state index in [4.69, 9.17) is 11.6 Å². The number of nitro benzene ring substituents is 1. The Hall–Kier alpha value is -1.13. The van der Waals surface area contributed by atoms with Crippen LogP contribution in [-0.2, 0) is 6.42 Å². The number of aliphatic hydroxyl groups is 1. The third kappa shape index (κ3) is 2.33.